The molecule has 0 unspecified atom stereocenters. The van der Waals surface area contributed by atoms with Crippen LogP contribution in [0.2, 0.25) is 0 Å². The fourth-order valence-electron chi connectivity index (χ4n) is 2.51. The molecule has 1 fully saturated rings. The van der Waals surface area contributed by atoms with Crippen LogP contribution >= 0.6 is 0 Å². The summed E-state index contributed by atoms with van der Waals surface area (Å²) in [5.41, 5.74) is 0.0419. The third-order valence-corrected chi connectivity index (χ3v) is 3.70. The lowest BCUT2D eigenvalue weighted by Crippen LogP contribution is -2.43. The number of nitrogens with zero attached hydrogens (tertiary/aromatic N) is 2. The molecular weight excluding hydrogens is 282 g/mol. The normalized spacial score (nSPS) is 18.4. The van der Waals surface area contributed by atoms with E-state index < -0.39 is 11.7 Å². The van der Waals surface area contributed by atoms with Crippen molar-refractivity contribution >= 4 is 17.6 Å². The molecule has 0 aliphatic carbocycles. The van der Waals surface area contributed by atoms with Gasteiger partial charge in [-0.1, -0.05) is 0 Å². The predicted octanol–water partition coefficient (Wildman–Crippen LogP) is 1.03. The van der Waals surface area contributed by atoms with E-state index in [4.69, 9.17) is 0 Å². The highest BCUT2D eigenvalue weighted by Gasteiger charge is 2.36. The molecule has 1 aliphatic rings. The van der Waals surface area contributed by atoms with Crippen LogP contribution < -0.4 is 5.32 Å². The third-order valence-electron chi connectivity index (χ3n) is 3.70. The Labute approximate surface area is 129 Å². The van der Waals surface area contributed by atoms with Gasteiger partial charge in [-0.25, -0.2) is 0 Å². The summed E-state index contributed by atoms with van der Waals surface area (Å²) in [6, 6.07) is 3.16. The first-order valence-electron chi connectivity index (χ1n) is 7.32. The molecular formula is C16H21N3O3. The van der Waals surface area contributed by atoms with Crippen molar-refractivity contribution in [1.29, 1.82) is 0 Å². The zero-order valence-electron chi connectivity index (χ0n) is 13.1. The molecule has 0 aromatic carbocycles. The highest BCUT2D eigenvalue weighted by atomic mass is 16.2. The molecule has 0 spiro atoms. The van der Waals surface area contributed by atoms with Crippen LogP contribution in [0.15, 0.2) is 24.5 Å². The lowest BCUT2D eigenvalue weighted by atomic mass is 10.1. The summed E-state index contributed by atoms with van der Waals surface area (Å²) in [6.45, 7) is 6.88. The van der Waals surface area contributed by atoms with Crippen LogP contribution in [0.5, 0.6) is 0 Å². The third kappa shape index (κ3) is 3.69. The highest BCUT2D eigenvalue weighted by molar-refractivity contribution is 6.42. The van der Waals surface area contributed by atoms with Crippen molar-refractivity contribution in [2.24, 2.45) is 5.92 Å². The Hall–Kier alpha value is -2.24. The van der Waals surface area contributed by atoms with E-state index in [1.165, 1.54) is 6.20 Å². The van der Waals surface area contributed by atoms with Crippen LogP contribution in [0.4, 0.5) is 0 Å². The number of pyridine rings is 1. The van der Waals surface area contributed by atoms with Gasteiger partial charge in [-0.3, -0.25) is 19.4 Å². The highest BCUT2D eigenvalue weighted by Crippen LogP contribution is 2.25. The number of hydrogen-bond donors (Lipinski definition) is 1. The summed E-state index contributed by atoms with van der Waals surface area (Å²) in [7, 11) is 0. The van der Waals surface area contributed by atoms with Crippen LogP contribution in [0, 0.1) is 5.92 Å². The van der Waals surface area contributed by atoms with E-state index in [-0.39, 0.29) is 22.9 Å². The van der Waals surface area contributed by atoms with E-state index in [0.717, 1.165) is 0 Å². The van der Waals surface area contributed by atoms with E-state index in [1.54, 1.807) is 18.3 Å². The second-order valence-corrected chi connectivity index (χ2v) is 6.53. The maximum absolute atomic E-state index is 12.0. The standard InChI is InChI=1S/C16H21N3O3/c1-16(2,3)19-10-11(7-13(19)20)8-18-15(22)14(21)12-5-4-6-17-9-12/h4-6,9,11H,7-8,10H2,1-3H3,(H,18,22)/t11-/m1/s1. The molecule has 2 amide bonds. The smallest absolute Gasteiger partial charge is 0.292 e. The molecule has 6 heteroatoms. The number of carbonyl (C=O) groups is 3. The Morgan fingerprint density at radius 3 is 2.68 bits per heavy atom. The first-order chi connectivity index (χ1) is 10.3. The first-order valence-corrected chi connectivity index (χ1v) is 7.32. The van der Waals surface area contributed by atoms with E-state index >= 15 is 0 Å². The maximum Gasteiger partial charge on any atom is 0.292 e. The minimum Gasteiger partial charge on any atom is -0.349 e. The van der Waals surface area contributed by atoms with Gasteiger partial charge in [0.25, 0.3) is 11.7 Å². The van der Waals surface area contributed by atoms with Gasteiger partial charge in [-0.2, -0.15) is 0 Å². The van der Waals surface area contributed by atoms with Gasteiger partial charge in [0.15, 0.2) is 0 Å². The summed E-state index contributed by atoms with van der Waals surface area (Å²) < 4.78 is 0. The fourth-order valence-corrected chi connectivity index (χ4v) is 2.51. The molecule has 0 saturated carbocycles. The molecule has 2 rings (SSSR count). The lowest BCUT2D eigenvalue weighted by molar-refractivity contribution is -0.131. The first kappa shape index (κ1) is 16.1. The van der Waals surface area contributed by atoms with E-state index in [2.05, 4.69) is 10.3 Å². The monoisotopic (exact) mass is 303 g/mol. The number of carbonyl (C=O) groups excluding carboxylic acids is 3. The lowest BCUT2D eigenvalue weighted by Gasteiger charge is -2.32. The van der Waals surface area contributed by atoms with Gasteiger partial charge in [0, 0.05) is 48.9 Å². The fraction of sp³-hybridized carbons (Fsp3) is 0.500. The van der Waals surface area contributed by atoms with Gasteiger partial charge in [0.1, 0.15) is 0 Å². The van der Waals surface area contributed by atoms with Crippen molar-refractivity contribution in [3.63, 3.8) is 0 Å². The molecule has 22 heavy (non-hydrogen) atoms. The second-order valence-electron chi connectivity index (χ2n) is 6.53. The Balaban J connectivity index is 1.88. The summed E-state index contributed by atoms with van der Waals surface area (Å²) in [6.07, 6.45) is 3.31. The number of hydrogen-bond acceptors (Lipinski definition) is 4. The molecule has 6 nitrogen and oxygen atoms in total. The van der Waals surface area contributed by atoms with E-state index in [1.807, 2.05) is 25.7 Å². The van der Waals surface area contributed by atoms with E-state index in [0.29, 0.717) is 19.5 Å². The van der Waals surface area contributed by atoms with Gasteiger partial charge in [0.05, 0.1) is 0 Å². The molecule has 1 N–H and O–H groups in total. The minimum absolute atomic E-state index is 0.0392. The molecule has 0 radical (unpaired) electrons. The van der Waals surface area contributed by atoms with Crippen LogP contribution in [-0.2, 0) is 9.59 Å². The van der Waals surface area contributed by atoms with Gasteiger partial charge in [-0.05, 0) is 32.9 Å². The Morgan fingerprint density at radius 1 is 1.41 bits per heavy atom. The van der Waals surface area contributed by atoms with E-state index in [9.17, 15) is 14.4 Å². The zero-order chi connectivity index (χ0) is 16.3. The Morgan fingerprint density at radius 2 is 2.14 bits per heavy atom. The molecule has 1 atom stereocenters. The molecule has 0 bridgehead atoms. The maximum atomic E-state index is 12.0. The summed E-state index contributed by atoms with van der Waals surface area (Å²) in [5, 5.41) is 2.62. The molecule has 1 aliphatic heterocycles. The van der Waals surface area contributed by atoms with Crippen LogP contribution in [0.25, 0.3) is 0 Å². The molecule has 2 heterocycles. The van der Waals surface area contributed by atoms with Gasteiger partial charge >= 0.3 is 0 Å². The SMILES string of the molecule is CC(C)(C)N1C[C@@H](CNC(=O)C(=O)c2cccnc2)CC1=O. The summed E-state index contributed by atoms with van der Waals surface area (Å²) in [5.74, 6) is -1.14. The molecule has 1 saturated heterocycles. The zero-order valence-corrected chi connectivity index (χ0v) is 13.1. The number of amides is 2. The minimum atomic E-state index is -0.658. The number of ketones is 1. The van der Waals surface area contributed by atoms with Crippen LogP contribution in [-0.4, -0.2) is 46.1 Å². The van der Waals surface area contributed by atoms with Crippen molar-refractivity contribution < 1.29 is 14.4 Å². The van der Waals surface area contributed by atoms with Crippen molar-refractivity contribution in [2.45, 2.75) is 32.7 Å². The van der Waals surface area contributed by atoms with Crippen LogP contribution in [0.1, 0.15) is 37.6 Å². The average molecular weight is 303 g/mol. The van der Waals surface area contributed by atoms with Crippen LogP contribution in [0.3, 0.4) is 0 Å². The van der Waals surface area contributed by atoms with Crippen molar-refractivity contribution in [3.05, 3.63) is 30.1 Å². The molecule has 1 aromatic rings. The molecule has 118 valence electrons. The predicted molar refractivity (Wildman–Crippen MR) is 81.2 cm³/mol. The molecule has 1 aromatic heterocycles. The average Bonchev–Trinajstić information content (AvgIpc) is 2.86. The largest absolute Gasteiger partial charge is 0.349 e. The number of aromatic nitrogens is 1. The topological polar surface area (TPSA) is 79.4 Å². The van der Waals surface area contributed by atoms with Crippen molar-refractivity contribution in [2.75, 3.05) is 13.1 Å². The second kappa shape index (κ2) is 6.25. The van der Waals surface area contributed by atoms with Crippen molar-refractivity contribution in [1.82, 2.24) is 15.2 Å². The quantitative estimate of drug-likeness (QED) is 0.665. The number of likely N-dealkylation sites (tertiary alicyclic amines) is 1. The summed E-state index contributed by atoms with van der Waals surface area (Å²) in [4.78, 5) is 41.4. The number of Topliss-reactive ketones (excluding diaryl/α,β-unsaturated/α-hetero) is 1. The number of nitrogens with one attached hydrogen (secondary N) is 1. The van der Waals surface area contributed by atoms with Crippen molar-refractivity contribution in [3.8, 4) is 0 Å². The van der Waals surface area contributed by atoms with Gasteiger partial charge in [-0.15, -0.1) is 0 Å². The van der Waals surface area contributed by atoms with Gasteiger partial charge in [0.2, 0.25) is 5.91 Å². The number of rotatable bonds is 4. The van der Waals surface area contributed by atoms with Gasteiger partial charge < -0.3 is 10.2 Å². The Kier molecular flexibility index (Phi) is 4.59. The summed E-state index contributed by atoms with van der Waals surface area (Å²) >= 11 is 0. The Bertz CT molecular complexity index is 578.